The molecule has 3 N–H and O–H groups in total. The molecule has 1 heterocycles. The van der Waals surface area contributed by atoms with Crippen LogP contribution in [0.3, 0.4) is 0 Å². The van der Waals surface area contributed by atoms with Gasteiger partial charge in [-0.25, -0.2) is 0 Å². The predicted octanol–water partition coefficient (Wildman–Crippen LogP) is 1.06. The normalized spacial score (nSPS) is 18.5. The second-order valence-electron chi connectivity index (χ2n) is 6.07. The van der Waals surface area contributed by atoms with E-state index in [4.69, 9.17) is 10.8 Å². The van der Waals surface area contributed by atoms with E-state index in [1.54, 1.807) is 0 Å². The van der Waals surface area contributed by atoms with E-state index in [1.165, 1.54) is 12.8 Å². The average Bonchev–Trinajstić information content (AvgIpc) is 2.71. The van der Waals surface area contributed by atoms with E-state index in [-0.39, 0.29) is 6.61 Å². The Labute approximate surface area is 129 Å². The predicted molar refractivity (Wildman–Crippen MR) is 86.0 cm³/mol. The first kappa shape index (κ1) is 18.4. The third-order valence-corrected chi connectivity index (χ3v) is 4.40. The quantitative estimate of drug-likeness (QED) is 0.668. The van der Waals surface area contributed by atoms with Gasteiger partial charge in [-0.2, -0.15) is 0 Å². The lowest BCUT2D eigenvalue weighted by Gasteiger charge is -2.23. The molecular formula is C16H33N3O2. The molecule has 21 heavy (non-hydrogen) atoms. The molecule has 1 aliphatic rings. The molecule has 1 amide bonds. The van der Waals surface area contributed by atoms with Gasteiger partial charge < -0.3 is 15.7 Å². The number of hydrogen-bond acceptors (Lipinski definition) is 4. The molecule has 0 bridgehead atoms. The number of carbonyl (C=O) groups is 1. The Hall–Kier alpha value is -0.650. The standard InChI is InChI=1S/C16H33N3O2/c1-2-4-15(7-8-17)5-6-16(21)19-10-3-9-18(11-12-19)13-14-20/h15,20H,2-14,17H2,1H3. The van der Waals surface area contributed by atoms with Gasteiger partial charge >= 0.3 is 0 Å². The van der Waals surface area contributed by atoms with Gasteiger partial charge in [-0.15, -0.1) is 0 Å². The molecule has 1 saturated heterocycles. The Morgan fingerprint density at radius 2 is 2.00 bits per heavy atom. The molecule has 0 aromatic rings. The maximum Gasteiger partial charge on any atom is 0.222 e. The summed E-state index contributed by atoms with van der Waals surface area (Å²) < 4.78 is 0. The number of hydrogen-bond donors (Lipinski definition) is 2. The van der Waals surface area contributed by atoms with Crippen LogP contribution in [0.1, 0.15) is 45.4 Å². The van der Waals surface area contributed by atoms with Crippen LogP contribution in [0.15, 0.2) is 0 Å². The van der Waals surface area contributed by atoms with Gasteiger partial charge in [0.25, 0.3) is 0 Å². The van der Waals surface area contributed by atoms with E-state index in [1.807, 2.05) is 4.90 Å². The number of aliphatic hydroxyl groups excluding tert-OH is 1. The van der Waals surface area contributed by atoms with Crippen LogP contribution in [0.5, 0.6) is 0 Å². The highest BCUT2D eigenvalue weighted by atomic mass is 16.3. The second kappa shape index (κ2) is 11.0. The maximum atomic E-state index is 12.4. The summed E-state index contributed by atoms with van der Waals surface area (Å²) in [7, 11) is 0. The second-order valence-corrected chi connectivity index (χ2v) is 6.07. The summed E-state index contributed by atoms with van der Waals surface area (Å²) in [6.45, 7) is 7.35. The molecule has 0 spiro atoms. The number of β-amino-alcohol motifs (C(OH)–C–C–N with tert-alkyl or cyclic N) is 1. The van der Waals surface area contributed by atoms with Crippen molar-refractivity contribution in [2.45, 2.75) is 45.4 Å². The minimum absolute atomic E-state index is 0.200. The molecule has 5 heteroatoms. The first-order chi connectivity index (χ1) is 10.2. The number of amides is 1. The van der Waals surface area contributed by atoms with Crippen LogP contribution >= 0.6 is 0 Å². The molecule has 1 aliphatic heterocycles. The molecule has 0 aliphatic carbocycles. The zero-order valence-electron chi connectivity index (χ0n) is 13.6. The molecule has 0 aromatic heterocycles. The highest BCUT2D eigenvalue weighted by molar-refractivity contribution is 5.76. The molecule has 0 radical (unpaired) electrons. The van der Waals surface area contributed by atoms with Crippen molar-refractivity contribution in [3.05, 3.63) is 0 Å². The van der Waals surface area contributed by atoms with Crippen molar-refractivity contribution >= 4 is 5.91 Å². The smallest absolute Gasteiger partial charge is 0.222 e. The first-order valence-corrected chi connectivity index (χ1v) is 8.52. The molecule has 5 nitrogen and oxygen atoms in total. The third kappa shape index (κ3) is 7.25. The average molecular weight is 299 g/mol. The van der Waals surface area contributed by atoms with Crippen molar-refractivity contribution in [1.29, 1.82) is 0 Å². The van der Waals surface area contributed by atoms with Crippen molar-refractivity contribution < 1.29 is 9.90 Å². The summed E-state index contributed by atoms with van der Waals surface area (Å²) >= 11 is 0. The Balaban J connectivity index is 2.33. The summed E-state index contributed by atoms with van der Waals surface area (Å²) in [6.07, 6.45) is 6.01. The SMILES string of the molecule is CCCC(CCN)CCC(=O)N1CCCN(CCO)CC1. The molecule has 124 valence electrons. The van der Waals surface area contributed by atoms with Crippen LogP contribution in [0.4, 0.5) is 0 Å². The number of carbonyl (C=O) groups excluding carboxylic acids is 1. The molecule has 0 saturated carbocycles. The summed E-state index contributed by atoms with van der Waals surface area (Å²) in [6, 6.07) is 0. The van der Waals surface area contributed by atoms with Gasteiger partial charge in [0.2, 0.25) is 5.91 Å². The summed E-state index contributed by atoms with van der Waals surface area (Å²) in [5.41, 5.74) is 5.65. The van der Waals surface area contributed by atoms with Gasteiger partial charge in [0.1, 0.15) is 0 Å². The number of nitrogens with two attached hydrogens (primary N) is 1. The number of nitrogens with zero attached hydrogens (tertiary/aromatic N) is 2. The molecule has 1 fully saturated rings. The van der Waals surface area contributed by atoms with Crippen molar-refractivity contribution in [1.82, 2.24) is 9.80 Å². The minimum atomic E-state index is 0.200. The van der Waals surface area contributed by atoms with Crippen LogP contribution in [0, 0.1) is 5.92 Å². The van der Waals surface area contributed by atoms with E-state index < -0.39 is 0 Å². The van der Waals surface area contributed by atoms with Crippen molar-refractivity contribution in [3.8, 4) is 0 Å². The monoisotopic (exact) mass is 299 g/mol. The Kier molecular flexibility index (Phi) is 9.63. The Morgan fingerprint density at radius 1 is 1.19 bits per heavy atom. The van der Waals surface area contributed by atoms with E-state index in [9.17, 15) is 4.79 Å². The Bertz CT molecular complexity index is 281. The van der Waals surface area contributed by atoms with Crippen LogP contribution in [0.2, 0.25) is 0 Å². The fourth-order valence-corrected chi connectivity index (χ4v) is 3.15. The first-order valence-electron chi connectivity index (χ1n) is 8.52. The molecular weight excluding hydrogens is 266 g/mol. The highest BCUT2D eigenvalue weighted by Gasteiger charge is 2.19. The zero-order chi connectivity index (χ0) is 15.5. The molecule has 1 rings (SSSR count). The minimum Gasteiger partial charge on any atom is -0.395 e. The fraction of sp³-hybridized carbons (Fsp3) is 0.938. The number of aliphatic hydroxyl groups is 1. The highest BCUT2D eigenvalue weighted by Crippen LogP contribution is 2.18. The van der Waals surface area contributed by atoms with Crippen LogP contribution in [-0.2, 0) is 4.79 Å². The third-order valence-electron chi connectivity index (χ3n) is 4.40. The Morgan fingerprint density at radius 3 is 2.67 bits per heavy atom. The summed E-state index contributed by atoms with van der Waals surface area (Å²) in [4.78, 5) is 16.6. The van der Waals surface area contributed by atoms with E-state index in [2.05, 4.69) is 11.8 Å². The van der Waals surface area contributed by atoms with Crippen LogP contribution in [0.25, 0.3) is 0 Å². The van der Waals surface area contributed by atoms with E-state index in [0.29, 0.717) is 18.2 Å². The van der Waals surface area contributed by atoms with Gasteiger partial charge in [-0.1, -0.05) is 19.8 Å². The lowest BCUT2D eigenvalue weighted by atomic mass is 9.94. The zero-order valence-corrected chi connectivity index (χ0v) is 13.6. The van der Waals surface area contributed by atoms with Crippen molar-refractivity contribution in [2.24, 2.45) is 11.7 Å². The number of rotatable bonds is 9. The van der Waals surface area contributed by atoms with Gasteiger partial charge in [0, 0.05) is 32.6 Å². The fourth-order valence-electron chi connectivity index (χ4n) is 3.15. The topological polar surface area (TPSA) is 69.8 Å². The lowest BCUT2D eigenvalue weighted by molar-refractivity contribution is -0.131. The van der Waals surface area contributed by atoms with Gasteiger partial charge in [0.15, 0.2) is 0 Å². The van der Waals surface area contributed by atoms with Gasteiger partial charge in [-0.3, -0.25) is 9.69 Å². The largest absolute Gasteiger partial charge is 0.395 e. The van der Waals surface area contributed by atoms with Crippen molar-refractivity contribution in [3.63, 3.8) is 0 Å². The molecule has 0 aromatic carbocycles. The van der Waals surface area contributed by atoms with E-state index >= 15 is 0 Å². The summed E-state index contributed by atoms with van der Waals surface area (Å²) in [5, 5.41) is 9.00. The maximum absolute atomic E-state index is 12.4. The van der Waals surface area contributed by atoms with Gasteiger partial charge in [-0.05, 0) is 38.3 Å². The lowest BCUT2D eigenvalue weighted by Crippen LogP contribution is -2.36. The van der Waals surface area contributed by atoms with E-state index in [0.717, 1.165) is 58.5 Å². The van der Waals surface area contributed by atoms with Crippen LogP contribution in [-0.4, -0.2) is 66.7 Å². The van der Waals surface area contributed by atoms with Crippen LogP contribution < -0.4 is 5.73 Å². The van der Waals surface area contributed by atoms with Gasteiger partial charge in [0.05, 0.1) is 6.61 Å². The van der Waals surface area contributed by atoms with Crippen molar-refractivity contribution in [2.75, 3.05) is 45.9 Å². The molecule has 1 unspecified atom stereocenters. The molecule has 1 atom stereocenters. The summed E-state index contributed by atoms with van der Waals surface area (Å²) in [5.74, 6) is 0.890.